The van der Waals surface area contributed by atoms with Gasteiger partial charge in [-0.2, -0.15) is 4.68 Å². The Kier molecular flexibility index (Phi) is 4.42. The molecule has 0 N–H and O–H groups in total. The Labute approximate surface area is 140 Å². The van der Waals surface area contributed by atoms with Gasteiger partial charge >= 0.3 is 11.2 Å². The minimum absolute atomic E-state index is 0.0853. The van der Waals surface area contributed by atoms with Gasteiger partial charge in [-0.3, -0.25) is 4.79 Å². The number of ether oxygens (including phenoxy) is 1. The van der Waals surface area contributed by atoms with Gasteiger partial charge in [-0.05, 0) is 42.0 Å². The molecule has 2 aromatic carbocycles. The SMILES string of the molecule is COc1nn(-c2ccc(F)cc2)c(=O)n(Cc2ccc(F)cc2)c1=O. The molecule has 8 heteroatoms. The summed E-state index contributed by atoms with van der Waals surface area (Å²) >= 11 is 0. The fourth-order valence-electron chi connectivity index (χ4n) is 2.28. The molecule has 1 heterocycles. The molecule has 0 spiro atoms. The second-order valence-electron chi connectivity index (χ2n) is 5.20. The van der Waals surface area contributed by atoms with Gasteiger partial charge in [0.1, 0.15) is 11.6 Å². The first-order chi connectivity index (χ1) is 12.0. The van der Waals surface area contributed by atoms with Crippen LogP contribution in [0.3, 0.4) is 0 Å². The average Bonchev–Trinajstić information content (AvgIpc) is 2.61. The molecule has 0 fully saturated rings. The average molecular weight is 345 g/mol. The number of nitrogens with zero attached hydrogens (tertiary/aromatic N) is 3. The molecular formula is C17H13F2N3O3. The number of halogens is 2. The zero-order valence-electron chi connectivity index (χ0n) is 13.1. The van der Waals surface area contributed by atoms with Crippen molar-refractivity contribution in [2.24, 2.45) is 0 Å². The van der Waals surface area contributed by atoms with Crippen LogP contribution in [0, 0.1) is 11.6 Å². The normalized spacial score (nSPS) is 10.7. The Bertz CT molecular complexity index is 1010. The highest BCUT2D eigenvalue weighted by molar-refractivity contribution is 5.30. The summed E-state index contributed by atoms with van der Waals surface area (Å²) in [5.74, 6) is -1.18. The highest BCUT2D eigenvalue weighted by Crippen LogP contribution is 2.08. The zero-order chi connectivity index (χ0) is 18.0. The fourth-order valence-corrected chi connectivity index (χ4v) is 2.28. The number of rotatable bonds is 4. The van der Waals surface area contributed by atoms with E-state index in [-0.39, 0.29) is 18.1 Å². The van der Waals surface area contributed by atoms with E-state index in [1.807, 2.05) is 0 Å². The lowest BCUT2D eigenvalue weighted by Gasteiger charge is -2.11. The molecule has 0 bridgehead atoms. The topological polar surface area (TPSA) is 66.1 Å². The zero-order valence-corrected chi connectivity index (χ0v) is 13.1. The molecule has 0 amide bonds. The lowest BCUT2D eigenvalue weighted by molar-refractivity contribution is 0.367. The van der Waals surface area contributed by atoms with Crippen LogP contribution in [0.2, 0.25) is 0 Å². The molecule has 0 saturated heterocycles. The molecule has 0 saturated carbocycles. The van der Waals surface area contributed by atoms with Crippen molar-refractivity contribution in [3.63, 3.8) is 0 Å². The molecule has 0 aliphatic carbocycles. The first-order valence-electron chi connectivity index (χ1n) is 7.28. The summed E-state index contributed by atoms with van der Waals surface area (Å²) in [5.41, 5.74) is -0.603. The van der Waals surface area contributed by atoms with Crippen LogP contribution >= 0.6 is 0 Å². The summed E-state index contributed by atoms with van der Waals surface area (Å²) in [6, 6.07) is 10.5. The van der Waals surface area contributed by atoms with Crippen molar-refractivity contribution in [2.75, 3.05) is 7.11 Å². The number of aromatic nitrogens is 3. The van der Waals surface area contributed by atoms with Gasteiger partial charge < -0.3 is 4.74 Å². The predicted molar refractivity (Wildman–Crippen MR) is 86.1 cm³/mol. The molecule has 25 heavy (non-hydrogen) atoms. The third-order valence-electron chi connectivity index (χ3n) is 3.55. The summed E-state index contributed by atoms with van der Waals surface area (Å²) in [4.78, 5) is 25.0. The quantitative estimate of drug-likeness (QED) is 0.722. The summed E-state index contributed by atoms with van der Waals surface area (Å²) in [7, 11) is 1.26. The molecule has 0 radical (unpaired) electrons. The molecule has 0 aliphatic rings. The third-order valence-corrected chi connectivity index (χ3v) is 3.55. The number of hydrogen-bond donors (Lipinski definition) is 0. The Morgan fingerprint density at radius 1 is 0.960 bits per heavy atom. The Morgan fingerprint density at radius 2 is 1.52 bits per heavy atom. The number of benzene rings is 2. The maximum Gasteiger partial charge on any atom is 0.352 e. The monoisotopic (exact) mass is 345 g/mol. The van der Waals surface area contributed by atoms with Crippen molar-refractivity contribution < 1.29 is 13.5 Å². The molecule has 3 rings (SSSR count). The van der Waals surface area contributed by atoms with Gasteiger partial charge in [-0.1, -0.05) is 12.1 Å². The smallest absolute Gasteiger partial charge is 0.352 e. The lowest BCUT2D eigenvalue weighted by atomic mass is 10.2. The Morgan fingerprint density at radius 3 is 2.08 bits per heavy atom. The minimum atomic E-state index is -0.721. The van der Waals surface area contributed by atoms with Gasteiger partial charge in [-0.25, -0.2) is 18.1 Å². The van der Waals surface area contributed by atoms with Gasteiger partial charge in [0.05, 0.1) is 19.3 Å². The van der Waals surface area contributed by atoms with E-state index < -0.39 is 22.9 Å². The predicted octanol–water partition coefficient (Wildman–Crippen LogP) is 1.73. The molecule has 0 atom stereocenters. The standard InChI is InChI=1S/C17H13F2N3O3/c1-25-15-16(23)21(10-11-2-4-12(18)5-3-11)17(24)22(20-15)14-8-6-13(19)7-9-14/h2-9H,10H2,1H3. The largest absolute Gasteiger partial charge is 0.476 e. The second-order valence-corrected chi connectivity index (χ2v) is 5.20. The summed E-state index contributed by atoms with van der Waals surface area (Å²) in [6.45, 7) is -0.0853. The summed E-state index contributed by atoms with van der Waals surface area (Å²) in [6.07, 6.45) is 0. The Hall–Kier alpha value is -3.29. The van der Waals surface area contributed by atoms with Crippen LogP contribution in [-0.2, 0) is 6.54 Å². The van der Waals surface area contributed by atoms with Crippen molar-refractivity contribution in [1.82, 2.24) is 14.3 Å². The summed E-state index contributed by atoms with van der Waals surface area (Å²) in [5, 5.41) is 3.87. The van der Waals surface area contributed by atoms with Crippen molar-refractivity contribution >= 4 is 0 Å². The molecule has 128 valence electrons. The van der Waals surface area contributed by atoms with E-state index >= 15 is 0 Å². The van der Waals surface area contributed by atoms with Gasteiger partial charge in [-0.15, -0.1) is 5.10 Å². The van der Waals surface area contributed by atoms with Gasteiger partial charge in [0.2, 0.25) is 0 Å². The first-order valence-corrected chi connectivity index (χ1v) is 7.28. The van der Waals surface area contributed by atoms with Gasteiger partial charge in [0.25, 0.3) is 5.88 Å². The van der Waals surface area contributed by atoms with E-state index in [0.717, 1.165) is 9.25 Å². The van der Waals surface area contributed by atoms with Gasteiger partial charge in [0.15, 0.2) is 0 Å². The Balaban J connectivity index is 2.15. The number of methoxy groups -OCH3 is 1. The van der Waals surface area contributed by atoms with Crippen LogP contribution < -0.4 is 16.0 Å². The maximum absolute atomic E-state index is 13.1. The van der Waals surface area contributed by atoms with Crippen LogP contribution in [0.1, 0.15) is 5.56 Å². The van der Waals surface area contributed by atoms with Crippen molar-refractivity contribution in [1.29, 1.82) is 0 Å². The van der Waals surface area contributed by atoms with E-state index in [2.05, 4.69) is 5.10 Å². The van der Waals surface area contributed by atoms with E-state index in [4.69, 9.17) is 4.74 Å². The van der Waals surface area contributed by atoms with Crippen molar-refractivity contribution in [3.05, 3.63) is 86.6 Å². The molecule has 3 aromatic rings. The molecule has 1 aromatic heterocycles. The van der Waals surface area contributed by atoms with Crippen molar-refractivity contribution in [2.45, 2.75) is 6.54 Å². The number of hydrogen-bond acceptors (Lipinski definition) is 4. The molecule has 0 unspecified atom stereocenters. The molecule has 6 nitrogen and oxygen atoms in total. The lowest BCUT2D eigenvalue weighted by Crippen LogP contribution is -2.41. The first kappa shape index (κ1) is 16.6. The van der Waals surface area contributed by atoms with E-state index in [1.54, 1.807) is 0 Å². The van der Waals surface area contributed by atoms with Crippen LogP contribution in [0.25, 0.3) is 5.69 Å². The third kappa shape index (κ3) is 3.32. The van der Waals surface area contributed by atoms with E-state index in [0.29, 0.717) is 5.56 Å². The highest BCUT2D eigenvalue weighted by atomic mass is 19.1. The highest BCUT2D eigenvalue weighted by Gasteiger charge is 2.15. The maximum atomic E-state index is 13.1. The minimum Gasteiger partial charge on any atom is -0.476 e. The van der Waals surface area contributed by atoms with E-state index in [1.165, 1.54) is 55.6 Å². The van der Waals surface area contributed by atoms with Gasteiger partial charge in [0, 0.05) is 0 Å². The molecule has 0 aliphatic heterocycles. The van der Waals surface area contributed by atoms with Crippen LogP contribution in [0.5, 0.6) is 5.88 Å². The summed E-state index contributed by atoms with van der Waals surface area (Å²) < 4.78 is 32.9. The van der Waals surface area contributed by atoms with Crippen LogP contribution in [0.15, 0.2) is 58.1 Å². The van der Waals surface area contributed by atoms with Crippen molar-refractivity contribution in [3.8, 4) is 11.6 Å². The van der Waals surface area contributed by atoms with Crippen LogP contribution in [-0.4, -0.2) is 21.5 Å². The fraction of sp³-hybridized carbons (Fsp3) is 0.118. The van der Waals surface area contributed by atoms with E-state index in [9.17, 15) is 18.4 Å². The second kappa shape index (κ2) is 6.68. The molecular weight excluding hydrogens is 332 g/mol. The van der Waals surface area contributed by atoms with Crippen LogP contribution in [0.4, 0.5) is 8.78 Å².